The second kappa shape index (κ2) is 22.9. The van der Waals surface area contributed by atoms with Gasteiger partial charge in [0.1, 0.15) is 34.2 Å². The third-order valence-corrected chi connectivity index (χ3v) is 12.9. The third kappa shape index (κ3) is 11.9. The molecular formula is C48H52Cl4F2N6O8. The molecule has 4 amide bonds. The Bertz CT molecular complexity index is 2560. The zero-order valence-electron chi connectivity index (χ0n) is 38.1. The van der Waals surface area contributed by atoms with Crippen LogP contribution in [0.5, 0.6) is 0 Å². The minimum absolute atomic E-state index is 0. The number of hydrogen-bond acceptors (Lipinski definition) is 10. The molecule has 0 radical (unpaired) electrons. The van der Waals surface area contributed by atoms with Crippen LogP contribution in [0.4, 0.5) is 18.4 Å². The molecule has 3 N–H and O–H groups in total. The van der Waals surface area contributed by atoms with Gasteiger partial charge in [-0.25, -0.2) is 13.6 Å². The van der Waals surface area contributed by atoms with Crippen LogP contribution in [0.2, 0.25) is 10.0 Å². The van der Waals surface area contributed by atoms with Crippen molar-refractivity contribution in [3.8, 4) is 22.3 Å². The molecule has 0 bridgehead atoms. The SMILES string of the molecule is CN(C)C(=O)Cl.CON1CCC2(CC1)NC(=O)C(c1cc(-c3ccc(F)cc3)ccc1Cl)=C2O.CON1CCC2(CC1)NC(=O)C(c1cc(-c3ccc(F)cc3)ccc1Cl)=C2OC(=O)N(C)C.Cl. The smallest absolute Gasteiger partial charge is 0.414 e. The summed E-state index contributed by atoms with van der Waals surface area (Å²) in [4.78, 5) is 61.6. The molecule has 14 nitrogen and oxygen atoms in total. The molecule has 4 aromatic carbocycles. The predicted molar refractivity (Wildman–Crippen MR) is 260 cm³/mol. The van der Waals surface area contributed by atoms with Crippen molar-refractivity contribution in [2.24, 2.45) is 0 Å². The standard InChI is InChI=1S/C24H25ClFN3O4.C21H20ClFN2O3.C3H6ClNO.ClH/c1-28(2)23(31)33-21-20(22(30)27-24(21)10-12-29(32-3)13-11-24)18-14-16(6-9-19(18)25)15-4-7-17(26)8-5-15;1-28-25-10-8-21(9-11-25)19(26)18(20(27)24-21)16-12-14(4-7-17(16)22)13-2-5-15(23)6-3-13;1-5(2)3(4)6;/h4-9,14H,10-13H2,1-3H3,(H,27,30);2-7,12,26H,8-11H2,1H3,(H,24,27);1-2H3;1H. The summed E-state index contributed by atoms with van der Waals surface area (Å²) in [5.74, 6) is -1.08. The molecular weight excluding hydrogens is 968 g/mol. The maximum absolute atomic E-state index is 13.4. The number of aliphatic hydroxyl groups excluding tert-OH is 1. The highest BCUT2D eigenvalue weighted by Crippen LogP contribution is 2.44. The van der Waals surface area contributed by atoms with Crippen molar-refractivity contribution in [2.75, 3.05) is 68.6 Å². The zero-order chi connectivity index (χ0) is 48.8. The number of benzene rings is 4. The predicted octanol–water partition coefficient (Wildman–Crippen LogP) is 9.35. The maximum atomic E-state index is 13.4. The Balaban J connectivity index is 0.000000226. The van der Waals surface area contributed by atoms with Gasteiger partial charge in [0.15, 0.2) is 0 Å². The molecule has 4 aliphatic rings. The summed E-state index contributed by atoms with van der Waals surface area (Å²) in [6.07, 6.45) is 1.50. The number of hydroxylamine groups is 4. The number of amides is 4. The van der Waals surface area contributed by atoms with E-state index < -0.39 is 22.5 Å². The number of hydrogen-bond donors (Lipinski definition) is 3. The molecule has 2 saturated heterocycles. The van der Waals surface area contributed by atoms with Crippen molar-refractivity contribution >= 4 is 81.6 Å². The van der Waals surface area contributed by atoms with Crippen LogP contribution in [0.3, 0.4) is 0 Å². The Hall–Kier alpha value is -5.30. The van der Waals surface area contributed by atoms with E-state index in [-0.39, 0.29) is 58.5 Å². The molecule has 8 rings (SSSR count). The molecule has 364 valence electrons. The van der Waals surface area contributed by atoms with E-state index in [9.17, 15) is 33.1 Å². The highest BCUT2D eigenvalue weighted by atomic mass is 35.5. The van der Waals surface area contributed by atoms with Gasteiger partial charge in [0.25, 0.3) is 11.8 Å². The van der Waals surface area contributed by atoms with Crippen molar-refractivity contribution in [1.82, 2.24) is 30.6 Å². The monoisotopic (exact) mass is 1020 g/mol. The lowest BCUT2D eigenvalue weighted by Gasteiger charge is -2.39. The number of nitrogens with zero attached hydrogens (tertiary/aromatic N) is 4. The molecule has 0 aliphatic carbocycles. The highest BCUT2D eigenvalue weighted by Gasteiger charge is 2.51. The molecule has 0 unspecified atom stereocenters. The van der Waals surface area contributed by atoms with Gasteiger partial charge < -0.3 is 40.0 Å². The van der Waals surface area contributed by atoms with Gasteiger partial charge in [-0.3, -0.25) is 14.4 Å². The van der Waals surface area contributed by atoms with E-state index in [2.05, 4.69) is 10.6 Å². The summed E-state index contributed by atoms with van der Waals surface area (Å²) in [7, 11) is 9.54. The average Bonchev–Trinajstić information content (AvgIpc) is 3.70. The minimum Gasteiger partial charge on any atom is -0.509 e. The van der Waals surface area contributed by atoms with Gasteiger partial charge >= 0.3 is 11.5 Å². The topological polar surface area (TPSA) is 153 Å². The van der Waals surface area contributed by atoms with Crippen LogP contribution >= 0.6 is 47.2 Å². The molecule has 2 spiro atoms. The Morgan fingerprint density at radius 1 is 0.632 bits per heavy atom. The normalized spacial score (nSPS) is 17.3. The Labute approximate surface area is 414 Å². The number of nitrogens with one attached hydrogen (secondary N) is 2. The fourth-order valence-corrected chi connectivity index (χ4v) is 8.50. The van der Waals surface area contributed by atoms with E-state index in [4.69, 9.17) is 49.2 Å². The number of carbonyl (C=O) groups excluding carboxylic acids is 4. The second-order valence-electron chi connectivity index (χ2n) is 16.5. The molecule has 0 aromatic heterocycles. The van der Waals surface area contributed by atoms with E-state index in [0.717, 1.165) is 22.3 Å². The lowest BCUT2D eigenvalue weighted by Crippen LogP contribution is -2.53. The summed E-state index contributed by atoms with van der Waals surface area (Å²) in [5.41, 5.74) is 2.78. The van der Waals surface area contributed by atoms with Gasteiger partial charge in [-0.1, -0.05) is 59.6 Å². The Morgan fingerprint density at radius 2 is 1.00 bits per heavy atom. The first kappa shape index (κ1) is 53.7. The molecule has 4 aromatic rings. The summed E-state index contributed by atoms with van der Waals surface area (Å²) in [6.45, 7) is 2.29. The van der Waals surface area contributed by atoms with Crippen molar-refractivity contribution in [3.63, 3.8) is 0 Å². The van der Waals surface area contributed by atoms with Crippen LogP contribution in [-0.2, 0) is 24.0 Å². The first-order valence-corrected chi connectivity index (χ1v) is 22.2. The van der Waals surface area contributed by atoms with Gasteiger partial charge in [-0.05, 0) is 108 Å². The number of halogens is 6. The molecule has 4 aliphatic heterocycles. The third-order valence-electron chi connectivity index (χ3n) is 11.9. The first-order valence-electron chi connectivity index (χ1n) is 21.1. The lowest BCUT2D eigenvalue weighted by atomic mass is 9.86. The largest absolute Gasteiger partial charge is 0.509 e. The Morgan fingerprint density at radius 3 is 1.40 bits per heavy atom. The number of ether oxygens (including phenoxy) is 1. The second-order valence-corrected chi connectivity index (χ2v) is 17.7. The Kier molecular flexibility index (Phi) is 18.0. The number of rotatable bonds is 7. The molecule has 4 heterocycles. The number of piperidine rings is 2. The summed E-state index contributed by atoms with van der Waals surface area (Å²) >= 11 is 17.8. The van der Waals surface area contributed by atoms with E-state index in [1.165, 1.54) is 34.1 Å². The van der Waals surface area contributed by atoms with Gasteiger partial charge in [0.2, 0.25) is 0 Å². The molecule has 68 heavy (non-hydrogen) atoms. The van der Waals surface area contributed by atoms with E-state index in [1.807, 2.05) is 0 Å². The zero-order valence-corrected chi connectivity index (χ0v) is 41.2. The highest BCUT2D eigenvalue weighted by molar-refractivity contribution is 6.62. The first-order chi connectivity index (χ1) is 31.8. The molecule has 0 saturated carbocycles. The molecule has 20 heteroatoms. The average molecular weight is 1020 g/mol. The maximum Gasteiger partial charge on any atom is 0.414 e. The summed E-state index contributed by atoms with van der Waals surface area (Å²) < 4.78 is 32.4. The minimum atomic E-state index is -0.845. The number of carbonyl (C=O) groups is 4. The quantitative estimate of drug-likeness (QED) is 0.121. The van der Waals surface area contributed by atoms with Gasteiger partial charge in [-0.2, -0.15) is 10.1 Å². The van der Waals surface area contributed by atoms with Gasteiger partial charge in [-0.15, -0.1) is 12.4 Å². The fourth-order valence-electron chi connectivity index (χ4n) is 8.08. The van der Waals surface area contributed by atoms with E-state index in [0.29, 0.717) is 73.0 Å². The van der Waals surface area contributed by atoms with Crippen LogP contribution in [0, 0.1) is 11.6 Å². The van der Waals surface area contributed by atoms with Crippen LogP contribution < -0.4 is 10.6 Å². The van der Waals surface area contributed by atoms with Gasteiger partial charge in [0, 0.05) is 75.5 Å². The molecule has 2 fully saturated rings. The van der Waals surface area contributed by atoms with Crippen LogP contribution in [0.1, 0.15) is 36.8 Å². The van der Waals surface area contributed by atoms with Crippen LogP contribution in [0.15, 0.2) is 96.4 Å². The lowest BCUT2D eigenvalue weighted by molar-refractivity contribution is -0.152. The summed E-state index contributed by atoms with van der Waals surface area (Å²) in [6, 6.07) is 22.6. The van der Waals surface area contributed by atoms with Crippen molar-refractivity contribution in [3.05, 3.63) is 129 Å². The van der Waals surface area contributed by atoms with Crippen molar-refractivity contribution < 1.29 is 47.5 Å². The molecule has 0 atom stereocenters. The summed E-state index contributed by atoms with van der Waals surface area (Å²) in [5, 5.41) is 20.9. The van der Waals surface area contributed by atoms with Crippen molar-refractivity contribution in [2.45, 2.75) is 36.8 Å². The van der Waals surface area contributed by atoms with E-state index >= 15 is 0 Å². The number of aliphatic hydroxyl groups is 1. The van der Waals surface area contributed by atoms with Crippen LogP contribution in [0.25, 0.3) is 33.4 Å². The van der Waals surface area contributed by atoms with Gasteiger partial charge in [0.05, 0.1) is 25.4 Å². The fraction of sp³-hybridized carbons (Fsp3) is 0.333. The van der Waals surface area contributed by atoms with Crippen molar-refractivity contribution in [1.29, 1.82) is 0 Å². The van der Waals surface area contributed by atoms with E-state index in [1.54, 1.807) is 113 Å². The van der Waals surface area contributed by atoms with Crippen LogP contribution in [-0.4, -0.2) is 128 Å².